The van der Waals surface area contributed by atoms with Crippen LogP contribution in [0.1, 0.15) is 46.0 Å². The fourth-order valence-corrected chi connectivity index (χ4v) is 2.27. The second-order valence-corrected chi connectivity index (χ2v) is 4.44. The Morgan fingerprint density at radius 2 is 1.85 bits per heavy atom. The zero-order valence-electron chi connectivity index (χ0n) is 8.92. The molecule has 2 N–H and O–H groups in total. The Hall–Kier alpha value is -0.0800. The highest BCUT2D eigenvalue weighted by Crippen LogP contribution is 2.26. The molecule has 0 aromatic rings. The summed E-state index contributed by atoms with van der Waals surface area (Å²) in [5.41, 5.74) is 0. The van der Waals surface area contributed by atoms with Gasteiger partial charge in [-0.2, -0.15) is 0 Å². The van der Waals surface area contributed by atoms with Crippen molar-refractivity contribution < 1.29 is 5.11 Å². The van der Waals surface area contributed by atoms with Crippen molar-refractivity contribution in [2.24, 2.45) is 5.92 Å². The van der Waals surface area contributed by atoms with Crippen LogP contribution in [0.5, 0.6) is 0 Å². The monoisotopic (exact) mass is 185 g/mol. The van der Waals surface area contributed by atoms with E-state index in [4.69, 9.17) is 5.11 Å². The van der Waals surface area contributed by atoms with Gasteiger partial charge in [-0.15, -0.1) is 0 Å². The molecule has 78 valence electrons. The first-order valence-electron chi connectivity index (χ1n) is 5.61. The molecule has 2 atom stereocenters. The van der Waals surface area contributed by atoms with E-state index in [0.29, 0.717) is 6.04 Å². The van der Waals surface area contributed by atoms with Crippen LogP contribution in [0, 0.1) is 5.92 Å². The quantitative estimate of drug-likeness (QED) is 0.701. The molecule has 0 amide bonds. The Kier molecular flexibility index (Phi) is 4.74. The van der Waals surface area contributed by atoms with E-state index in [1.54, 1.807) is 0 Å². The summed E-state index contributed by atoms with van der Waals surface area (Å²) in [4.78, 5) is 0. The lowest BCUT2D eigenvalue weighted by molar-refractivity contribution is 0.211. The van der Waals surface area contributed by atoms with Crippen molar-refractivity contribution in [2.45, 2.75) is 58.0 Å². The van der Waals surface area contributed by atoms with Gasteiger partial charge in [-0.1, -0.05) is 19.3 Å². The maximum absolute atomic E-state index is 8.92. The van der Waals surface area contributed by atoms with Crippen molar-refractivity contribution in [3.05, 3.63) is 0 Å². The largest absolute Gasteiger partial charge is 0.395 e. The lowest BCUT2D eigenvalue weighted by atomic mass is 9.84. The molecule has 0 heterocycles. The van der Waals surface area contributed by atoms with E-state index in [2.05, 4.69) is 12.2 Å². The topological polar surface area (TPSA) is 32.3 Å². The third-order valence-corrected chi connectivity index (χ3v) is 3.18. The van der Waals surface area contributed by atoms with Crippen LogP contribution in [0.15, 0.2) is 0 Å². The van der Waals surface area contributed by atoms with Crippen molar-refractivity contribution in [3.63, 3.8) is 0 Å². The maximum atomic E-state index is 8.92. The summed E-state index contributed by atoms with van der Waals surface area (Å²) in [6, 6.07) is 0.819. The van der Waals surface area contributed by atoms with E-state index in [1.807, 2.05) is 6.92 Å². The normalized spacial score (nSPS) is 24.2. The number of aliphatic hydroxyl groups excluding tert-OH is 1. The second kappa shape index (κ2) is 5.61. The van der Waals surface area contributed by atoms with Crippen LogP contribution in [0.25, 0.3) is 0 Å². The van der Waals surface area contributed by atoms with Gasteiger partial charge in [-0.05, 0) is 32.6 Å². The zero-order valence-corrected chi connectivity index (χ0v) is 8.92. The molecular formula is C11H23NO. The molecule has 0 radical (unpaired) electrons. The minimum atomic E-state index is 0.247. The first-order chi connectivity index (χ1) is 6.24. The van der Waals surface area contributed by atoms with Gasteiger partial charge in [0.15, 0.2) is 0 Å². The van der Waals surface area contributed by atoms with Gasteiger partial charge in [0.05, 0.1) is 6.61 Å². The molecule has 0 aliphatic heterocycles. The molecule has 0 aromatic heterocycles. The molecule has 2 nitrogen and oxygen atoms in total. The van der Waals surface area contributed by atoms with Crippen LogP contribution in [0.2, 0.25) is 0 Å². The summed E-state index contributed by atoms with van der Waals surface area (Å²) in [5, 5.41) is 12.4. The standard InChI is InChI=1S/C11H23NO/c1-9(8-13)12-10(2)11-6-4-3-5-7-11/h9-13H,3-8H2,1-2H3/t9-,10-/m1/s1. The predicted octanol–water partition coefficient (Wildman–Crippen LogP) is 1.93. The van der Waals surface area contributed by atoms with Crippen molar-refractivity contribution in [3.8, 4) is 0 Å². The van der Waals surface area contributed by atoms with Crippen molar-refractivity contribution in [1.29, 1.82) is 0 Å². The summed E-state index contributed by atoms with van der Waals surface area (Å²) in [6.45, 7) is 4.54. The Balaban J connectivity index is 2.24. The van der Waals surface area contributed by atoms with Gasteiger partial charge >= 0.3 is 0 Å². The zero-order chi connectivity index (χ0) is 9.68. The first-order valence-corrected chi connectivity index (χ1v) is 5.61. The van der Waals surface area contributed by atoms with Crippen molar-refractivity contribution in [2.75, 3.05) is 6.61 Å². The maximum Gasteiger partial charge on any atom is 0.0582 e. The third-order valence-electron chi connectivity index (χ3n) is 3.18. The molecule has 1 rings (SSSR count). The molecule has 1 aliphatic rings. The van der Waals surface area contributed by atoms with E-state index in [0.717, 1.165) is 5.92 Å². The van der Waals surface area contributed by atoms with Crippen LogP contribution in [0.3, 0.4) is 0 Å². The fourth-order valence-electron chi connectivity index (χ4n) is 2.27. The molecule has 1 aliphatic carbocycles. The Morgan fingerprint density at radius 1 is 1.23 bits per heavy atom. The number of hydrogen-bond acceptors (Lipinski definition) is 2. The molecular weight excluding hydrogens is 162 g/mol. The van der Waals surface area contributed by atoms with Gasteiger partial charge in [-0.3, -0.25) is 0 Å². The number of hydrogen-bond donors (Lipinski definition) is 2. The molecule has 0 bridgehead atoms. The molecule has 1 fully saturated rings. The van der Waals surface area contributed by atoms with E-state index in [9.17, 15) is 0 Å². The van der Waals surface area contributed by atoms with Crippen LogP contribution in [0.4, 0.5) is 0 Å². The van der Waals surface area contributed by atoms with Crippen LogP contribution in [-0.2, 0) is 0 Å². The van der Waals surface area contributed by atoms with Crippen LogP contribution in [-0.4, -0.2) is 23.8 Å². The fraction of sp³-hybridized carbons (Fsp3) is 1.00. The number of rotatable bonds is 4. The van der Waals surface area contributed by atoms with Crippen molar-refractivity contribution in [1.82, 2.24) is 5.32 Å². The van der Waals surface area contributed by atoms with E-state index in [1.165, 1.54) is 32.1 Å². The molecule has 0 spiro atoms. The van der Waals surface area contributed by atoms with E-state index in [-0.39, 0.29) is 12.6 Å². The Morgan fingerprint density at radius 3 is 2.38 bits per heavy atom. The average molecular weight is 185 g/mol. The minimum absolute atomic E-state index is 0.247. The molecule has 0 aromatic carbocycles. The third kappa shape index (κ3) is 3.65. The highest BCUT2D eigenvalue weighted by molar-refractivity contribution is 4.77. The molecule has 13 heavy (non-hydrogen) atoms. The number of aliphatic hydroxyl groups is 1. The lowest BCUT2D eigenvalue weighted by Crippen LogP contribution is -2.41. The highest BCUT2D eigenvalue weighted by atomic mass is 16.3. The minimum Gasteiger partial charge on any atom is -0.395 e. The molecule has 1 saturated carbocycles. The lowest BCUT2D eigenvalue weighted by Gasteiger charge is -2.30. The van der Waals surface area contributed by atoms with Gasteiger partial charge in [0.25, 0.3) is 0 Å². The van der Waals surface area contributed by atoms with Gasteiger partial charge < -0.3 is 10.4 Å². The van der Waals surface area contributed by atoms with Crippen LogP contribution < -0.4 is 5.32 Å². The SMILES string of the molecule is C[C@H](CO)N[C@H](C)C1CCCCC1. The van der Waals surface area contributed by atoms with E-state index >= 15 is 0 Å². The summed E-state index contributed by atoms with van der Waals surface area (Å²) < 4.78 is 0. The van der Waals surface area contributed by atoms with Gasteiger partial charge in [-0.25, -0.2) is 0 Å². The van der Waals surface area contributed by atoms with Crippen molar-refractivity contribution >= 4 is 0 Å². The van der Waals surface area contributed by atoms with E-state index < -0.39 is 0 Å². The highest BCUT2D eigenvalue weighted by Gasteiger charge is 2.20. The smallest absolute Gasteiger partial charge is 0.0582 e. The summed E-state index contributed by atoms with van der Waals surface area (Å²) >= 11 is 0. The Labute approximate surface area is 81.7 Å². The predicted molar refractivity (Wildman–Crippen MR) is 55.7 cm³/mol. The number of nitrogens with one attached hydrogen (secondary N) is 1. The molecule has 0 unspecified atom stereocenters. The summed E-state index contributed by atoms with van der Waals surface area (Å²) in [7, 11) is 0. The second-order valence-electron chi connectivity index (χ2n) is 4.44. The molecule has 0 saturated heterocycles. The first kappa shape index (κ1) is 11.0. The summed E-state index contributed by atoms with van der Waals surface area (Å²) in [6.07, 6.45) is 6.94. The Bertz CT molecular complexity index is 132. The molecule has 2 heteroatoms. The van der Waals surface area contributed by atoms with Crippen LogP contribution >= 0.6 is 0 Å². The van der Waals surface area contributed by atoms with Gasteiger partial charge in [0, 0.05) is 12.1 Å². The summed E-state index contributed by atoms with van der Waals surface area (Å²) in [5.74, 6) is 0.836. The average Bonchev–Trinajstić information content (AvgIpc) is 2.19. The van der Waals surface area contributed by atoms with Gasteiger partial charge in [0.2, 0.25) is 0 Å². The van der Waals surface area contributed by atoms with Gasteiger partial charge in [0.1, 0.15) is 0 Å².